The summed E-state index contributed by atoms with van der Waals surface area (Å²) in [4.78, 5) is 16.4. The molecule has 0 radical (unpaired) electrons. The molecule has 0 aliphatic carbocycles. The summed E-state index contributed by atoms with van der Waals surface area (Å²) in [6.07, 6.45) is 1.00. The average Bonchev–Trinajstić information content (AvgIpc) is 3.04. The summed E-state index contributed by atoms with van der Waals surface area (Å²) in [5.41, 5.74) is 2.25. The Balaban J connectivity index is 1.65. The molecule has 1 aromatic carbocycles. The lowest BCUT2D eigenvalue weighted by Crippen LogP contribution is -2.48. The molecular formula is C19H23FN2OS. The fourth-order valence-corrected chi connectivity index (χ4v) is 4.34. The SMILES string of the molecule is C[C@H](NC(=O)[C@H](C)N1CCc2sccc2[C@H]1C)c1ccc(F)cc1. The number of fused-ring (bicyclic) bond motifs is 1. The summed E-state index contributed by atoms with van der Waals surface area (Å²) in [5, 5.41) is 5.18. The topological polar surface area (TPSA) is 32.3 Å². The van der Waals surface area contributed by atoms with Gasteiger partial charge in [-0.3, -0.25) is 9.69 Å². The van der Waals surface area contributed by atoms with Crippen LogP contribution in [-0.4, -0.2) is 23.4 Å². The molecule has 2 heterocycles. The number of halogens is 1. The van der Waals surface area contributed by atoms with Gasteiger partial charge in [-0.25, -0.2) is 4.39 Å². The van der Waals surface area contributed by atoms with Crippen molar-refractivity contribution in [2.24, 2.45) is 0 Å². The van der Waals surface area contributed by atoms with E-state index in [4.69, 9.17) is 0 Å². The third-order valence-corrected chi connectivity index (χ3v) is 5.93. The molecule has 0 unspecified atom stereocenters. The molecule has 3 rings (SSSR count). The molecule has 1 N–H and O–H groups in total. The van der Waals surface area contributed by atoms with Crippen LogP contribution in [0.1, 0.15) is 48.9 Å². The third kappa shape index (κ3) is 3.37. The Hall–Kier alpha value is -1.72. The van der Waals surface area contributed by atoms with Crippen LogP contribution in [0.5, 0.6) is 0 Å². The molecule has 2 aromatic rings. The lowest BCUT2D eigenvalue weighted by atomic mass is 9.99. The number of nitrogens with one attached hydrogen (secondary N) is 1. The Labute approximate surface area is 146 Å². The second kappa shape index (κ2) is 7.03. The van der Waals surface area contributed by atoms with Gasteiger partial charge >= 0.3 is 0 Å². The summed E-state index contributed by atoms with van der Waals surface area (Å²) >= 11 is 1.80. The monoisotopic (exact) mass is 346 g/mol. The van der Waals surface area contributed by atoms with Gasteiger partial charge in [0.15, 0.2) is 0 Å². The van der Waals surface area contributed by atoms with Gasteiger partial charge in [-0.05, 0) is 61.9 Å². The number of hydrogen-bond donors (Lipinski definition) is 1. The highest BCUT2D eigenvalue weighted by atomic mass is 32.1. The second-order valence-electron chi connectivity index (χ2n) is 6.42. The highest BCUT2D eigenvalue weighted by molar-refractivity contribution is 7.10. The second-order valence-corrected chi connectivity index (χ2v) is 7.42. The quantitative estimate of drug-likeness (QED) is 0.905. The Kier molecular flexibility index (Phi) is 5.01. The molecule has 1 aliphatic heterocycles. The summed E-state index contributed by atoms with van der Waals surface area (Å²) < 4.78 is 13.0. The predicted molar refractivity (Wildman–Crippen MR) is 95.6 cm³/mol. The minimum atomic E-state index is -0.264. The lowest BCUT2D eigenvalue weighted by Gasteiger charge is -2.37. The Morgan fingerprint density at radius 1 is 1.29 bits per heavy atom. The first-order chi connectivity index (χ1) is 11.5. The van der Waals surface area contributed by atoms with Crippen molar-refractivity contribution in [2.45, 2.75) is 45.3 Å². The number of rotatable bonds is 4. The fourth-order valence-electron chi connectivity index (χ4n) is 3.38. The van der Waals surface area contributed by atoms with E-state index in [0.717, 1.165) is 18.5 Å². The summed E-state index contributed by atoms with van der Waals surface area (Å²) in [6.45, 7) is 6.95. The van der Waals surface area contributed by atoms with E-state index in [1.807, 2.05) is 13.8 Å². The van der Waals surface area contributed by atoms with Crippen LogP contribution in [0.25, 0.3) is 0 Å². The highest BCUT2D eigenvalue weighted by Gasteiger charge is 2.31. The summed E-state index contributed by atoms with van der Waals surface area (Å²) in [6, 6.07) is 8.36. The number of carbonyl (C=O) groups excluding carboxylic acids is 1. The van der Waals surface area contributed by atoms with Gasteiger partial charge in [0.2, 0.25) is 5.91 Å². The zero-order chi connectivity index (χ0) is 17.3. The van der Waals surface area contributed by atoms with Crippen molar-refractivity contribution in [1.82, 2.24) is 10.2 Å². The van der Waals surface area contributed by atoms with Gasteiger partial charge in [0.25, 0.3) is 0 Å². The molecule has 3 nitrogen and oxygen atoms in total. The van der Waals surface area contributed by atoms with E-state index in [-0.39, 0.29) is 29.8 Å². The summed E-state index contributed by atoms with van der Waals surface area (Å²) in [5.74, 6) is -0.253. The molecule has 24 heavy (non-hydrogen) atoms. The van der Waals surface area contributed by atoms with Crippen LogP contribution in [0.3, 0.4) is 0 Å². The Bertz CT molecular complexity index is 712. The van der Waals surface area contributed by atoms with Crippen molar-refractivity contribution in [2.75, 3.05) is 6.54 Å². The zero-order valence-electron chi connectivity index (χ0n) is 14.3. The number of amides is 1. The van der Waals surface area contributed by atoms with Crippen LogP contribution in [0.15, 0.2) is 35.7 Å². The highest BCUT2D eigenvalue weighted by Crippen LogP contribution is 2.34. The first-order valence-corrected chi connectivity index (χ1v) is 9.23. The molecule has 128 valence electrons. The largest absolute Gasteiger partial charge is 0.348 e. The van der Waals surface area contributed by atoms with Crippen LogP contribution in [0.2, 0.25) is 0 Å². The van der Waals surface area contributed by atoms with Crippen LogP contribution in [-0.2, 0) is 11.2 Å². The molecule has 1 aliphatic rings. The molecule has 3 atom stereocenters. The van der Waals surface area contributed by atoms with Crippen molar-refractivity contribution in [1.29, 1.82) is 0 Å². The molecule has 0 saturated heterocycles. The molecule has 1 aromatic heterocycles. The third-order valence-electron chi connectivity index (χ3n) is 4.93. The van der Waals surface area contributed by atoms with Gasteiger partial charge in [0.1, 0.15) is 5.82 Å². The average molecular weight is 346 g/mol. The van der Waals surface area contributed by atoms with Gasteiger partial charge in [0.05, 0.1) is 12.1 Å². The van der Waals surface area contributed by atoms with Gasteiger partial charge in [-0.1, -0.05) is 12.1 Å². The standard InChI is InChI=1S/C19H23FN2OS/c1-12(15-4-6-16(20)7-5-15)21-19(23)14(3)22-10-8-18-17(13(22)2)9-11-24-18/h4-7,9,11-14H,8,10H2,1-3H3,(H,21,23)/t12-,13+,14-/m0/s1. The van der Waals surface area contributed by atoms with Gasteiger partial charge < -0.3 is 5.32 Å². The van der Waals surface area contributed by atoms with Gasteiger partial charge in [-0.15, -0.1) is 11.3 Å². The maximum atomic E-state index is 13.0. The van der Waals surface area contributed by atoms with E-state index in [1.54, 1.807) is 23.5 Å². The zero-order valence-corrected chi connectivity index (χ0v) is 15.1. The Morgan fingerprint density at radius 2 is 2.00 bits per heavy atom. The number of benzene rings is 1. The van der Waals surface area contributed by atoms with E-state index < -0.39 is 0 Å². The van der Waals surface area contributed by atoms with Crippen molar-refractivity contribution in [3.8, 4) is 0 Å². The van der Waals surface area contributed by atoms with Crippen LogP contribution in [0, 0.1) is 5.82 Å². The van der Waals surface area contributed by atoms with Gasteiger partial charge in [0, 0.05) is 17.5 Å². The minimum Gasteiger partial charge on any atom is -0.348 e. The van der Waals surface area contributed by atoms with Crippen molar-refractivity contribution in [3.05, 3.63) is 57.5 Å². The van der Waals surface area contributed by atoms with E-state index >= 15 is 0 Å². The maximum absolute atomic E-state index is 13.0. The van der Waals surface area contributed by atoms with E-state index in [1.165, 1.54) is 22.6 Å². The molecule has 5 heteroatoms. The van der Waals surface area contributed by atoms with E-state index in [2.05, 4.69) is 28.6 Å². The number of thiophene rings is 1. The van der Waals surface area contributed by atoms with Crippen molar-refractivity contribution in [3.63, 3.8) is 0 Å². The minimum absolute atomic E-state index is 0.0114. The molecule has 0 saturated carbocycles. The van der Waals surface area contributed by atoms with Gasteiger partial charge in [-0.2, -0.15) is 0 Å². The summed E-state index contributed by atoms with van der Waals surface area (Å²) in [7, 11) is 0. The lowest BCUT2D eigenvalue weighted by molar-refractivity contribution is -0.127. The number of carbonyl (C=O) groups is 1. The van der Waals surface area contributed by atoms with Crippen molar-refractivity contribution >= 4 is 17.2 Å². The molecule has 0 fully saturated rings. The smallest absolute Gasteiger partial charge is 0.237 e. The maximum Gasteiger partial charge on any atom is 0.237 e. The normalized spacial score (nSPS) is 20.2. The number of hydrogen-bond acceptors (Lipinski definition) is 3. The number of nitrogens with zero attached hydrogens (tertiary/aromatic N) is 1. The first kappa shape index (κ1) is 17.1. The predicted octanol–water partition coefficient (Wildman–Crippen LogP) is 4.07. The first-order valence-electron chi connectivity index (χ1n) is 8.35. The van der Waals surface area contributed by atoms with Crippen LogP contribution < -0.4 is 5.32 Å². The van der Waals surface area contributed by atoms with Crippen molar-refractivity contribution < 1.29 is 9.18 Å². The van der Waals surface area contributed by atoms with E-state index in [9.17, 15) is 9.18 Å². The molecule has 1 amide bonds. The van der Waals surface area contributed by atoms with Crippen LogP contribution in [0.4, 0.5) is 4.39 Å². The molecule has 0 bridgehead atoms. The molecular weight excluding hydrogens is 323 g/mol. The molecule has 0 spiro atoms. The Morgan fingerprint density at radius 3 is 2.71 bits per heavy atom. The fraction of sp³-hybridized carbons (Fsp3) is 0.421. The van der Waals surface area contributed by atoms with Crippen LogP contribution >= 0.6 is 11.3 Å². The van der Waals surface area contributed by atoms with E-state index in [0.29, 0.717) is 0 Å².